The molecule has 0 spiro atoms. The normalized spacial score (nSPS) is 25.7. The molecule has 19 heavy (non-hydrogen) atoms. The van der Waals surface area contributed by atoms with E-state index in [1.54, 1.807) is 0 Å². The Morgan fingerprint density at radius 2 is 1.89 bits per heavy atom. The molecule has 0 bridgehead atoms. The van der Waals surface area contributed by atoms with Crippen LogP contribution in [0.25, 0.3) is 0 Å². The first kappa shape index (κ1) is 14.7. The van der Waals surface area contributed by atoms with E-state index in [1.165, 1.54) is 5.56 Å². The summed E-state index contributed by atoms with van der Waals surface area (Å²) in [4.78, 5) is 12.3. The number of alkyl halides is 2. The van der Waals surface area contributed by atoms with Crippen LogP contribution in [0.1, 0.15) is 43.9 Å². The van der Waals surface area contributed by atoms with Crippen molar-refractivity contribution in [1.29, 1.82) is 0 Å². The van der Waals surface area contributed by atoms with Gasteiger partial charge in [-0.3, -0.25) is 4.79 Å². The molecule has 2 nitrogen and oxygen atoms in total. The lowest BCUT2D eigenvalue weighted by molar-refractivity contribution is -0.126. The summed E-state index contributed by atoms with van der Waals surface area (Å²) in [5.41, 5.74) is 1.66. The molecule has 0 radical (unpaired) electrons. The van der Waals surface area contributed by atoms with Crippen LogP contribution >= 0.6 is 23.2 Å². The molecule has 2 rings (SSSR count). The van der Waals surface area contributed by atoms with E-state index in [0.29, 0.717) is 6.42 Å². The molecule has 0 aromatic heterocycles. The largest absolute Gasteiger partial charge is 0.349 e. The van der Waals surface area contributed by atoms with E-state index in [1.807, 2.05) is 26.0 Å². The van der Waals surface area contributed by atoms with Crippen molar-refractivity contribution in [3.05, 3.63) is 35.4 Å². The van der Waals surface area contributed by atoms with E-state index in [-0.39, 0.29) is 11.9 Å². The summed E-state index contributed by atoms with van der Waals surface area (Å²) < 4.78 is -0.914. The molecule has 2 atom stereocenters. The molecular weight excluding hydrogens is 281 g/mol. The molecule has 0 aliphatic heterocycles. The van der Waals surface area contributed by atoms with Gasteiger partial charge in [0, 0.05) is 0 Å². The van der Waals surface area contributed by atoms with Crippen molar-refractivity contribution in [2.45, 2.75) is 44.0 Å². The lowest BCUT2D eigenvalue weighted by Gasteiger charge is -2.21. The number of carbonyl (C=O) groups excluding carboxylic acids is 1. The van der Waals surface area contributed by atoms with Crippen molar-refractivity contribution in [3.8, 4) is 0 Å². The summed E-state index contributed by atoms with van der Waals surface area (Å²) in [5, 5.41) is 3.05. The Morgan fingerprint density at radius 1 is 1.37 bits per heavy atom. The number of nitrogens with one attached hydrogen (secondary N) is 1. The number of amides is 1. The Labute approximate surface area is 124 Å². The predicted molar refractivity (Wildman–Crippen MR) is 79.5 cm³/mol. The van der Waals surface area contributed by atoms with Crippen LogP contribution in [0, 0.1) is 12.3 Å². The summed E-state index contributed by atoms with van der Waals surface area (Å²) in [6.07, 6.45) is 1.35. The van der Waals surface area contributed by atoms with E-state index in [9.17, 15) is 4.79 Å². The summed E-state index contributed by atoms with van der Waals surface area (Å²) in [6.45, 7) is 5.91. The minimum atomic E-state index is -0.914. The van der Waals surface area contributed by atoms with E-state index < -0.39 is 9.75 Å². The van der Waals surface area contributed by atoms with Crippen LogP contribution in [-0.2, 0) is 4.79 Å². The van der Waals surface area contributed by atoms with Crippen molar-refractivity contribution in [3.63, 3.8) is 0 Å². The number of rotatable bonds is 4. The van der Waals surface area contributed by atoms with E-state index >= 15 is 0 Å². The number of hydrogen-bond acceptors (Lipinski definition) is 1. The molecule has 1 N–H and O–H groups in total. The Balaban J connectivity index is 2.08. The first-order valence-electron chi connectivity index (χ1n) is 6.55. The Bertz CT molecular complexity index is 483. The highest BCUT2D eigenvalue weighted by Gasteiger charge is 2.68. The van der Waals surface area contributed by atoms with E-state index in [0.717, 1.165) is 12.0 Å². The van der Waals surface area contributed by atoms with Gasteiger partial charge in [0.2, 0.25) is 5.91 Å². The zero-order valence-corrected chi connectivity index (χ0v) is 13.0. The van der Waals surface area contributed by atoms with Gasteiger partial charge in [-0.05, 0) is 32.3 Å². The molecule has 1 saturated carbocycles. The lowest BCUT2D eigenvalue weighted by Crippen LogP contribution is -2.36. The number of hydrogen-bond donors (Lipinski definition) is 1. The minimum Gasteiger partial charge on any atom is -0.349 e. The molecule has 0 saturated heterocycles. The smallest absolute Gasteiger partial charge is 0.229 e. The third-order valence-corrected chi connectivity index (χ3v) is 5.05. The maximum absolute atomic E-state index is 12.3. The van der Waals surface area contributed by atoms with Crippen molar-refractivity contribution >= 4 is 29.1 Å². The summed E-state index contributed by atoms with van der Waals surface area (Å²) in [7, 11) is 0. The third-order valence-electron chi connectivity index (χ3n) is 3.95. The maximum atomic E-state index is 12.3. The van der Waals surface area contributed by atoms with Gasteiger partial charge in [0.25, 0.3) is 0 Å². The molecule has 0 heterocycles. The highest BCUT2D eigenvalue weighted by molar-refractivity contribution is 6.53. The van der Waals surface area contributed by atoms with Crippen LogP contribution in [0.5, 0.6) is 0 Å². The molecule has 1 aromatic carbocycles. The van der Waals surface area contributed by atoms with Gasteiger partial charge in [0.1, 0.15) is 4.33 Å². The fourth-order valence-electron chi connectivity index (χ4n) is 2.18. The zero-order chi connectivity index (χ0) is 14.3. The molecule has 1 aliphatic carbocycles. The number of benzene rings is 1. The fourth-order valence-corrected chi connectivity index (χ4v) is 2.89. The monoisotopic (exact) mass is 299 g/mol. The van der Waals surface area contributed by atoms with Gasteiger partial charge in [-0.15, -0.1) is 23.2 Å². The highest BCUT2D eigenvalue weighted by Crippen LogP contribution is 2.63. The SMILES string of the molecule is CC[C@H](NC(=O)[C@]1(C)CC1(Cl)Cl)c1ccc(C)cc1. The molecule has 1 fully saturated rings. The van der Waals surface area contributed by atoms with Crippen LogP contribution in [0.15, 0.2) is 24.3 Å². The number of carbonyl (C=O) groups is 1. The Kier molecular flexibility index (Phi) is 3.85. The summed E-state index contributed by atoms with van der Waals surface area (Å²) >= 11 is 12.1. The van der Waals surface area contributed by atoms with Crippen molar-refractivity contribution in [2.24, 2.45) is 5.41 Å². The van der Waals surface area contributed by atoms with Crippen LogP contribution in [0.4, 0.5) is 0 Å². The van der Waals surface area contributed by atoms with E-state index in [4.69, 9.17) is 23.2 Å². The summed E-state index contributed by atoms with van der Waals surface area (Å²) in [6, 6.07) is 8.21. The molecule has 1 aromatic rings. The number of aryl methyl sites for hydroxylation is 1. The lowest BCUT2D eigenvalue weighted by atomic mass is 10.0. The third kappa shape index (κ3) is 2.75. The molecule has 4 heteroatoms. The second-order valence-corrected chi connectivity index (χ2v) is 7.04. The first-order valence-corrected chi connectivity index (χ1v) is 7.31. The highest BCUT2D eigenvalue weighted by atomic mass is 35.5. The average Bonchev–Trinajstić information content (AvgIpc) is 2.88. The van der Waals surface area contributed by atoms with Crippen molar-refractivity contribution in [1.82, 2.24) is 5.32 Å². The minimum absolute atomic E-state index is 0.00894. The van der Waals surface area contributed by atoms with Gasteiger partial charge >= 0.3 is 0 Å². The average molecular weight is 300 g/mol. The van der Waals surface area contributed by atoms with Crippen molar-refractivity contribution in [2.75, 3.05) is 0 Å². The quantitative estimate of drug-likeness (QED) is 0.832. The van der Waals surface area contributed by atoms with Crippen LogP contribution in [0.2, 0.25) is 0 Å². The molecule has 104 valence electrons. The summed E-state index contributed by atoms with van der Waals surface area (Å²) in [5.74, 6) is -0.0649. The van der Waals surface area contributed by atoms with Crippen LogP contribution < -0.4 is 5.32 Å². The molecule has 1 amide bonds. The Morgan fingerprint density at radius 3 is 2.32 bits per heavy atom. The van der Waals surface area contributed by atoms with Gasteiger partial charge in [-0.1, -0.05) is 36.8 Å². The van der Waals surface area contributed by atoms with Gasteiger partial charge in [-0.2, -0.15) is 0 Å². The van der Waals surface area contributed by atoms with Gasteiger partial charge < -0.3 is 5.32 Å². The Hall–Kier alpha value is -0.730. The zero-order valence-electron chi connectivity index (χ0n) is 11.5. The van der Waals surface area contributed by atoms with Gasteiger partial charge in [-0.25, -0.2) is 0 Å². The molecule has 0 unspecified atom stereocenters. The van der Waals surface area contributed by atoms with Gasteiger partial charge in [0.05, 0.1) is 11.5 Å². The second kappa shape index (κ2) is 4.99. The predicted octanol–water partition coefficient (Wildman–Crippen LogP) is 4.15. The standard InChI is InChI=1S/C15H19Cl2NO/c1-4-12(11-7-5-10(2)6-8-11)18-13(19)14(3)9-15(14,16)17/h5-8,12H,4,9H2,1-3H3,(H,18,19)/t12-,14-/m0/s1. The maximum Gasteiger partial charge on any atom is 0.229 e. The van der Waals surface area contributed by atoms with Gasteiger partial charge in [0.15, 0.2) is 0 Å². The van der Waals surface area contributed by atoms with Crippen LogP contribution in [-0.4, -0.2) is 10.2 Å². The topological polar surface area (TPSA) is 29.1 Å². The van der Waals surface area contributed by atoms with Crippen molar-refractivity contribution < 1.29 is 4.79 Å². The fraction of sp³-hybridized carbons (Fsp3) is 0.533. The molecule has 1 aliphatic rings. The van der Waals surface area contributed by atoms with Crippen LogP contribution in [0.3, 0.4) is 0 Å². The number of halogens is 2. The first-order chi connectivity index (χ1) is 8.80. The van der Waals surface area contributed by atoms with E-state index in [2.05, 4.69) is 24.4 Å². The second-order valence-electron chi connectivity index (χ2n) is 5.56. The molecular formula is C15H19Cl2NO.